The van der Waals surface area contributed by atoms with Gasteiger partial charge < -0.3 is 4.42 Å². The predicted octanol–water partition coefficient (Wildman–Crippen LogP) is 2.60. The van der Waals surface area contributed by atoms with E-state index in [1.165, 1.54) is 23.7 Å². The third-order valence-electron chi connectivity index (χ3n) is 2.26. The van der Waals surface area contributed by atoms with Crippen LogP contribution in [0.1, 0.15) is 5.76 Å². The Morgan fingerprint density at radius 2 is 1.94 bits per heavy atom. The maximum Gasteiger partial charge on any atom is 0.267 e. The monoisotopic (exact) mass is 247 g/mol. The van der Waals surface area contributed by atoms with Crippen LogP contribution in [0.25, 0.3) is 17.4 Å². The number of carbonyl (C=O) groups is 1. The Labute approximate surface area is 102 Å². The highest BCUT2D eigenvalue weighted by Crippen LogP contribution is 2.22. The summed E-state index contributed by atoms with van der Waals surface area (Å²) in [6.45, 7) is 0. The number of halogens is 1. The Hall–Kier alpha value is -2.40. The van der Waals surface area contributed by atoms with Gasteiger partial charge in [-0.05, 0) is 42.5 Å². The molecule has 0 bridgehead atoms. The first kappa shape index (κ1) is 12.1. The number of hydroxylamine groups is 1. The molecular weight excluding hydrogens is 237 g/mol. The molecule has 0 unspecified atom stereocenters. The summed E-state index contributed by atoms with van der Waals surface area (Å²) in [6.07, 6.45) is 2.55. The van der Waals surface area contributed by atoms with Crippen molar-refractivity contribution in [3.05, 3.63) is 54.1 Å². The summed E-state index contributed by atoms with van der Waals surface area (Å²) < 4.78 is 18.2. The van der Waals surface area contributed by atoms with Crippen LogP contribution in [0.4, 0.5) is 4.39 Å². The number of furan rings is 1. The summed E-state index contributed by atoms with van der Waals surface area (Å²) in [4.78, 5) is 10.8. The van der Waals surface area contributed by atoms with Crippen molar-refractivity contribution in [3.63, 3.8) is 0 Å². The Balaban J connectivity index is 2.18. The normalized spacial score (nSPS) is 10.8. The number of nitrogens with one attached hydrogen (secondary N) is 1. The molecule has 0 aliphatic carbocycles. The van der Waals surface area contributed by atoms with Gasteiger partial charge in [-0.2, -0.15) is 0 Å². The van der Waals surface area contributed by atoms with Crippen LogP contribution < -0.4 is 5.48 Å². The van der Waals surface area contributed by atoms with Gasteiger partial charge in [-0.3, -0.25) is 10.0 Å². The lowest BCUT2D eigenvalue weighted by molar-refractivity contribution is -0.124. The van der Waals surface area contributed by atoms with Gasteiger partial charge >= 0.3 is 0 Å². The van der Waals surface area contributed by atoms with E-state index < -0.39 is 5.91 Å². The zero-order chi connectivity index (χ0) is 13.0. The lowest BCUT2D eigenvalue weighted by atomic mass is 10.2. The van der Waals surface area contributed by atoms with E-state index in [0.717, 1.165) is 11.6 Å². The fraction of sp³-hybridized carbons (Fsp3) is 0. The van der Waals surface area contributed by atoms with Gasteiger partial charge in [0.2, 0.25) is 0 Å². The molecule has 0 saturated carbocycles. The number of carbonyl (C=O) groups excluding carboxylic acids is 1. The molecule has 0 atom stereocenters. The van der Waals surface area contributed by atoms with Crippen LogP contribution >= 0.6 is 0 Å². The number of benzene rings is 1. The summed E-state index contributed by atoms with van der Waals surface area (Å²) >= 11 is 0. The van der Waals surface area contributed by atoms with Gasteiger partial charge in [0.1, 0.15) is 17.3 Å². The molecule has 0 spiro atoms. The minimum atomic E-state index is -0.644. The Bertz CT molecular complexity index is 572. The molecule has 0 aliphatic rings. The molecule has 5 heteroatoms. The van der Waals surface area contributed by atoms with Crippen LogP contribution in [0.15, 0.2) is 46.9 Å². The van der Waals surface area contributed by atoms with Gasteiger partial charge in [0.15, 0.2) is 0 Å². The van der Waals surface area contributed by atoms with Gasteiger partial charge in [0.05, 0.1) is 0 Å². The van der Waals surface area contributed by atoms with Crippen LogP contribution in [0, 0.1) is 5.82 Å². The summed E-state index contributed by atoms with van der Waals surface area (Å²) in [5.74, 6) is 0.0664. The number of hydrogen-bond donors (Lipinski definition) is 2. The van der Waals surface area contributed by atoms with Gasteiger partial charge in [-0.25, -0.2) is 9.87 Å². The molecule has 2 N–H and O–H groups in total. The lowest BCUT2D eigenvalue weighted by Crippen LogP contribution is -2.14. The van der Waals surface area contributed by atoms with Crippen molar-refractivity contribution in [1.82, 2.24) is 5.48 Å². The first-order chi connectivity index (χ1) is 8.69. The molecule has 0 aliphatic heterocycles. The second-order valence-corrected chi connectivity index (χ2v) is 3.52. The summed E-state index contributed by atoms with van der Waals surface area (Å²) in [7, 11) is 0. The third-order valence-corrected chi connectivity index (χ3v) is 2.26. The van der Waals surface area contributed by atoms with E-state index in [1.54, 1.807) is 24.3 Å². The minimum Gasteiger partial charge on any atom is -0.457 e. The second-order valence-electron chi connectivity index (χ2n) is 3.52. The zero-order valence-electron chi connectivity index (χ0n) is 9.26. The van der Waals surface area contributed by atoms with E-state index >= 15 is 0 Å². The molecule has 2 rings (SSSR count). The number of rotatable bonds is 3. The highest BCUT2D eigenvalue weighted by Gasteiger charge is 2.03. The fourth-order valence-corrected chi connectivity index (χ4v) is 1.41. The molecule has 0 radical (unpaired) electrons. The summed E-state index contributed by atoms with van der Waals surface area (Å²) in [5, 5.41) is 8.31. The van der Waals surface area contributed by atoms with Crippen LogP contribution in [0.3, 0.4) is 0 Å². The summed E-state index contributed by atoms with van der Waals surface area (Å²) in [6, 6.07) is 9.26. The standard InChI is InChI=1S/C13H10FNO3/c14-10-3-1-9(2-4-10)12-7-5-11(18-12)6-8-13(16)15-17/h1-8,17H,(H,15,16)/b8-6+. The zero-order valence-corrected chi connectivity index (χ0v) is 9.26. The van der Waals surface area contributed by atoms with Gasteiger partial charge in [0.25, 0.3) is 5.91 Å². The van der Waals surface area contributed by atoms with Crippen molar-refractivity contribution in [1.29, 1.82) is 0 Å². The van der Waals surface area contributed by atoms with Crippen molar-refractivity contribution in [2.45, 2.75) is 0 Å². The minimum absolute atomic E-state index is 0.315. The van der Waals surface area contributed by atoms with E-state index in [4.69, 9.17) is 9.62 Å². The van der Waals surface area contributed by atoms with E-state index in [9.17, 15) is 9.18 Å². The maximum absolute atomic E-state index is 12.7. The average Bonchev–Trinajstić information content (AvgIpc) is 2.85. The molecule has 0 saturated heterocycles. The Morgan fingerprint density at radius 1 is 1.22 bits per heavy atom. The van der Waals surface area contributed by atoms with Crippen LogP contribution in [0.2, 0.25) is 0 Å². The van der Waals surface area contributed by atoms with E-state index in [0.29, 0.717) is 11.5 Å². The molecule has 1 aromatic heterocycles. The van der Waals surface area contributed by atoms with E-state index in [1.807, 2.05) is 0 Å². The number of amides is 1. The predicted molar refractivity (Wildman–Crippen MR) is 63.1 cm³/mol. The van der Waals surface area contributed by atoms with Crippen molar-refractivity contribution < 1.29 is 18.8 Å². The molecular formula is C13H10FNO3. The van der Waals surface area contributed by atoms with Gasteiger partial charge in [0, 0.05) is 11.6 Å². The fourth-order valence-electron chi connectivity index (χ4n) is 1.41. The van der Waals surface area contributed by atoms with E-state index in [2.05, 4.69) is 0 Å². The molecule has 1 amide bonds. The number of hydrogen-bond acceptors (Lipinski definition) is 3. The second kappa shape index (κ2) is 5.29. The SMILES string of the molecule is O=C(/C=C/c1ccc(-c2ccc(F)cc2)o1)NO. The smallest absolute Gasteiger partial charge is 0.267 e. The summed E-state index contributed by atoms with van der Waals surface area (Å²) in [5.41, 5.74) is 2.21. The first-order valence-electron chi connectivity index (χ1n) is 5.17. The van der Waals surface area contributed by atoms with Crippen molar-refractivity contribution >= 4 is 12.0 Å². The van der Waals surface area contributed by atoms with Crippen LogP contribution in [0.5, 0.6) is 0 Å². The van der Waals surface area contributed by atoms with Crippen molar-refractivity contribution in [2.75, 3.05) is 0 Å². The molecule has 18 heavy (non-hydrogen) atoms. The van der Waals surface area contributed by atoms with Crippen LogP contribution in [-0.4, -0.2) is 11.1 Å². The average molecular weight is 247 g/mol. The topological polar surface area (TPSA) is 62.5 Å². The van der Waals surface area contributed by atoms with Crippen LogP contribution in [-0.2, 0) is 4.79 Å². The highest BCUT2D eigenvalue weighted by molar-refractivity contribution is 5.90. The van der Waals surface area contributed by atoms with Gasteiger partial charge in [-0.1, -0.05) is 0 Å². The molecule has 4 nitrogen and oxygen atoms in total. The molecule has 1 heterocycles. The van der Waals surface area contributed by atoms with Crippen molar-refractivity contribution in [2.24, 2.45) is 0 Å². The molecule has 1 aromatic carbocycles. The Kier molecular flexibility index (Phi) is 3.54. The van der Waals surface area contributed by atoms with Gasteiger partial charge in [-0.15, -0.1) is 0 Å². The maximum atomic E-state index is 12.7. The molecule has 0 fully saturated rings. The first-order valence-corrected chi connectivity index (χ1v) is 5.17. The van der Waals surface area contributed by atoms with E-state index in [-0.39, 0.29) is 5.82 Å². The Morgan fingerprint density at radius 3 is 2.61 bits per heavy atom. The lowest BCUT2D eigenvalue weighted by Gasteiger charge is -1.95. The molecule has 92 valence electrons. The highest BCUT2D eigenvalue weighted by atomic mass is 19.1. The third kappa shape index (κ3) is 2.83. The molecule has 2 aromatic rings. The quantitative estimate of drug-likeness (QED) is 0.498. The van der Waals surface area contributed by atoms with Crippen molar-refractivity contribution in [3.8, 4) is 11.3 Å². The largest absolute Gasteiger partial charge is 0.457 e.